The summed E-state index contributed by atoms with van der Waals surface area (Å²) in [5.41, 5.74) is 1.91. The monoisotopic (exact) mass is 321 g/mol. The van der Waals surface area contributed by atoms with Crippen molar-refractivity contribution in [3.05, 3.63) is 81.8 Å². The Morgan fingerprint density at radius 2 is 1.79 bits per heavy atom. The fourth-order valence-electron chi connectivity index (χ4n) is 2.37. The van der Waals surface area contributed by atoms with Crippen molar-refractivity contribution in [2.24, 2.45) is 4.99 Å². The van der Waals surface area contributed by atoms with E-state index in [4.69, 9.17) is 0 Å². The first kappa shape index (κ1) is 15.5. The number of carboxylic acid groups (broad SMARTS) is 1. The van der Waals surface area contributed by atoms with Crippen LogP contribution in [0.25, 0.3) is 5.69 Å². The normalized spacial score (nSPS) is 11.0. The SMILES string of the molecule is Cc1[nH]n(-c2ccccc2)c(=O)c1C=Nc1ccccc1C(=O)O. The largest absolute Gasteiger partial charge is 0.478 e. The highest BCUT2D eigenvalue weighted by Gasteiger charge is 2.12. The minimum absolute atomic E-state index is 0.0883. The molecule has 6 heteroatoms. The summed E-state index contributed by atoms with van der Waals surface area (Å²) in [7, 11) is 0. The zero-order chi connectivity index (χ0) is 17.1. The molecule has 0 fully saturated rings. The van der Waals surface area contributed by atoms with Crippen LogP contribution in [0.5, 0.6) is 0 Å². The number of aliphatic imine (C=N–C) groups is 1. The highest BCUT2D eigenvalue weighted by atomic mass is 16.4. The van der Waals surface area contributed by atoms with Gasteiger partial charge < -0.3 is 5.11 Å². The number of carboxylic acids is 1. The van der Waals surface area contributed by atoms with E-state index in [1.54, 1.807) is 25.1 Å². The number of nitrogens with one attached hydrogen (secondary N) is 1. The second-order valence-electron chi connectivity index (χ2n) is 5.21. The number of benzene rings is 2. The molecule has 0 unspecified atom stereocenters. The molecule has 1 aromatic heterocycles. The van der Waals surface area contributed by atoms with Crippen molar-refractivity contribution in [2.75, 3.05) is 0 Å². The molecule has 0 radical (unpaired) electrons. The highest BCUT2D eigenvalue weighted by Crippen LogP contribution is 2.18. The highest BCUT2D eigenvalue weighted by molar-refractivity contribution is 5.95. The summed E-state index contributed by atoms with van der Waals surface area (Å²) in [5, 5.41) is 12.2. The smallest absolute Gasteiger partial charge is 0.337 e. The Bertz CT molecular complexity index is 969. The molecule has 0 aliphatic carbocycles. The van der Waals surface area contributed by atoms with Gasteiger partial charge in [-0.1, -0.05) is 30.3 Å². The number of aromatic nitrogens is 2. The minimum Gasteiger partial charge on any atom is -0.478 e. The minimum atomic E-state index is -1.06. The fourth-order valence-corrected chi connectivity index (χ4v) is 2.37. The lowest BCUT2D eigenvalue weighted by molar-refractivity contribution is 0.0698. The van der Waals surface area contributed by atoms with E-state index in [1.807, 2.05) is 30.3 Å². The second-order valence-corrected chi connectivity index (χ2v) is 5.21. The summed E-state index contributed by atoms with van der Waals surface area (Å²) in [5.74, 6) is -1.06. The Morgan fingerprint density at radius 3 is 2.50 bits per heavy atom. The number of hydrogen-bond acceptors (Lipinski definition) is 3. The van der Waals surface area contributed by atoms with Gasteiger partial charge in [0.1, 0.15) is 0 Å². The third-order valence-electron chi connectivity index (χ3n) is 3.60. The number of H-pyrrole nitrogens is 1. The maximum atomic E-state index is 12.6. The molecule has 0 aliphatic heterocycles. The van der Waals surface area contributed by atoms with E-state index in [0.717, 1.165) is 5.69 Å². The lowest BCUT2D eigenvalue weighted by atomic mass is 10.2. The van der Waals surface area contributed by atoms with Crippen molar-refractivity contribution in [3.63, 3.8) is 0 Å². The van der Waals surface area contributed by atoms with Gasteiger partial charge in [-0.25, -0.2) is 9.48 Å². The first-order valence-electron chi connectivity index (χ1n) is 7.31. The van der Waals surface area contributed by atoms with Crippen LogP contribution in [0.3, 0.4) is 0 Å². The average molecular weight is 321 g/mol. The summed E-state index contributed by atoms with van der Waals surface area (Å²) in [6.45, 7) is 1.77. The molecular formula is C18H15N3O3. The molecule has 24 heavy (non-hydrogen) atoms. The van der Waals surface area contributed by atoms with Crippen LogP contribution in [0.4, 0.5) is 5.69 Å². The van der Waals surface area contributed by atoms with Gasteiger partial charge in [-0.05, 0) is 31.2 Å². The molecular weight excluding hydrogens is 306 g/mol. The molecule has 0 saturated carbocycles. The molecule has 0 saturated heterocycles. The van der Waals surface area contributed by atoms with Gasteiger partial charge in [-0.15, -0.1) is 0 Å². The van der Waals surface area contributed by atoms with E-state index in [0.29, 0.717) is 16.9 Å². The number of nitrogens with zero attached hydrogens (tertiary/aromatic N) is 2. The predicted molar refractivity (Wildman–Crippen MR) is 91.8 cm³/mol. The summed E-state index contributed by atoms with van der Waals surface area (Å²) in [6, 6.07) is 15.6. The average Bonchev–Trinajstić information content (AvgIpc) is 2.88. The van der Waals surface area contributed by atoms with Gasteiger partial charge in [0.05, 0.1) is 22.5 Å². The van der Waals surface area contributed by atoms with E-state index in [1.165, 1.54) is 17.0 Å². The van der Waals surface area contributed by atoms with E-state index < -0.39 is 5.97 Å². The molecule has 0 atom stereocenters. The number of hydrogen-bond donors (Lipinski definition) is 2. The van der Waals surface area contributed by atoms with Crippen LogP contribution in [0.15, 0.2) is 64.4 Å². The number of aromatic carboxylic acids is 1. The molecule has 0 aliphatic rings. The van der Waals surface area contributed by atoms with Crippen molar-refractivity contribution in [1.82, 2.24) is 9.78 Å². The van der Waals surface area contributed by atoms with Crippen molar-refractivity contribution in [3.8, 4) is 5.69 Å². The number of aromatic amines is 1. The molecule has 2 aromatic carbocycles. The summed E-state index contributed by atoms with van der Waals surface area (Å²) >= 11 is 0. The number of para-hydroxylation sites is 2. The number of rotatable bonds is 4. The van der Waals surface area contributed by atoms with Crippen LogP contribution in [-0.4, -0.2) is 27.1 Å². The van der Waals surface area contributed by atoms with Crippen LogP contribution in [-0.2, 0) is 0 Å². The van der Waals surface area contributed by atoms with Gasteiger partial charge in [0.15, 0.2) is 0 Å². The van der Waals surface area contributed by atoms with E-state index >= 15 is 0 Å². The summed E-state index contributed by atoms with van der Waals surface area (Å²) in [4.78, 5) is 28.0. The lowest BCUT2D eigenvalue weighted by Crippen LogP contribution is -2.17. The maximum Gasteiger partial charge on any atom is 0.337 e. The standard InChI is InChI=1S/C18H15N3O3/c1-12-15(11-19-16-10-6-5-9-14(16)18(23)24)17(22)21(20-12)13-7-3-2-4-8-13/h2-11,20H,1H3,(H,23,24). The Balaban J connectivity index is 2.02. The van der Waals surface area contributed by atoms with Gasteiger partial charge in [0.25, 0.3) is 5.56 Å². The third kappa shape index (κ3) is 2.89. The van der Waals surface area contributed by atoms with E-state index in [9.17, 15) is 14.7 Å². The molecule has 6 nitrogen and oxygen atoms in total. The van der Waals surface area contributed by atoms with Gasteiger partial charge in [0.2, 0.25) is 0 Å². The van der Waals surface area contributed by atoms with Gasteiger partial charge in [-0.3, -0.25) is 14.9 Å². The van der Waals surface area contributed by atoms with Crippen molar-refractivity contribution in [1.29, 1.82) is 0 Å². The van der Waals surface area contributed by atoms with Gasteiger partial charge in [0, 0.05) is 11.9 Å². The zero-order valence-corrected chi connectivity index (χ0v) is 12.9. The van der Waals surface area contributed by atoms with Gasteiger partial charge in [-0.2, -0.15) is 0 Å². The van der Waals surface area contributed by atoms with Crippen LogP contribution >= 0.6 is 0 Å². The van der Waals surface area contributed by atoms with Crippen molar-refractivity contribution in [2.45, 2.75) is 6.92 Å². The number of carbonyl (C=O) groups is 1. The molecule has 1 heterocycles. The molecule has 0 amide bonds. The van der Waals surface area contributed by atoms with Crippen LogP contribution < -0.4 is 5.56 Å². The van der Waals surface area contributed by atoms with Crippen LogP contribution in [0.2, 0.25) is 0 Å². The molecule has 3 aromatic rings. The van der Waals surface area contributed by atoms with Crippen molar-refractivity contribution >= 4 is 17.9 Å². The molecule has 0 spiro atoms. The topological polar surface area (TPSA) is 87.5 Å². The van der Waals surface area contributed by atoms with E-state index in [2.05, 4.69) is 10.1 Å². The first-order valence-corrected chi connectivity index (χ1v) is 7.31. The maximum absolute atomic E-state index is 12.6. The lowest BCUT2D eigenvalue weighted by Gasteiger charge is -1.99. The second kappa shape index (κ2) is 6.37. The molecule has 0 bridgehead atoms. The Hall–Kier alpha value is -3.41. The Labute approximate surface area is 137 Å². The first-order chi connectivity index (χ1) is 11.6. The third-order valence-corrected chi connectivity index (χ3v) is 3.60. The molecule has 3 rings (SSSR count). The quantitative estimate of drug-likeness (QED) is 0.724. The Kier molecular flexibility index (Phi) is 4.11. The predicted octanol–water partition coefficient (Wildman–Crippen LogP) is 2.92. The van der Waals surface area contributed by atoms with E-state index in [-0.39, 0.29) is 11.1 Å². The van der Waals surface area contributed by atoms with Crippen molar-refractivity contribution < 1.29 is 9.90 Å². The molecule has 2 N–H and O–H groups in total. The van der Waals surface area contributed by atoms with Crippen LogP contribution in [0, 0.1) is 6.92 Å². The Morgan fingerprint density at radius 1 is 1.12 bits per heavy atom. The molecule has 120 valence electrons. The fraction of sp³-hybridized carbons (Fsp3) is 0.0556. The van der Waals surface area contributed by atoms with Crippen LogP contribution in [0.1, 0.15) is 21.6 Å². The summed E-state index contributed by atoms with van der Waals surface area (Å²) in [6.07, 6.45) is 1.40. The van der Waals surface area contributed by atoms with Gasteiger partial charge >= 0.3 is 5.97 Å². The zero-order valence-electron chi connectivity index (χ0n) is 12.9. The number of aryl methyl sites for hydroxylation is 1. The summed E-state index contributed by atoms with van der Waals surface area (Å²) < 4.78 is 1.43.